The topological polar surface area (TPSA) is 31.6 Å². The molecule has 2 aromatic rings. The number of methoxy groups -OCH3 is 1. The summed E-state index contributed by atoms with van der Waals surface area (Å²) in [6.07, 6.45) is 0. The normalized spacial score (nSPS) is 10.1. The molecule has 0 atom stereocenters. The molecule has 0 radical (unpaired) electrons. The van der Waals surface area contributed by atoms with Crippen LogP contribution in [0.1, 0.15) is 5.76 Å². The molecule has 1 heterocycles. The molecule has 84 valence electrons. The molecule has 1 aromatic heterocycles. The molecule has 0 aliphatic carbocycles. The molecule has 0 unspecified atom stereocenters. The fourth-order valence-corrected chi connectivity index (χ4v) is 1.66. The quantitative estimate of drug-likeness (QED) is 0.858. The molecule has 0 N–H and O–H groups in total. The van der Waals surface area contributed by atoms with Gasteiger partial charge in [-0.1, -0.05) is 12.1 Å². The van der Waals surface area contributed by atoms with Gasteiger partial charge >= 0.3 is 0 Å². The van der Waals surface area contributed by atoms with Crippen LogP contribution >= 0.6 is 15.9 Å². The highest BCUT2D eigenvalue weighted by molar-refractivity contribution is 9.10. The molecule has 0 aliphatic rings. The minimum absolute atomic E-state index is 0.381. The number of para-hydroxylation sites is 2. The second-order valence-electron chi connectivity index (χ2n) is 3.15. The lowest BCUT2D eigenvalue weighted by molar-refractivity contribution is 0.254. The van der Waals surface area contributed by atoms with E-state index in [-0.39, 0.29) is 0 Å². The zero-order valence-corrected chi connectivity index (χ0v) is 10.4. The third kappa shape index (κ3) is 2.58. The maximum absolute atomic E-state index is 5.59. The SMILES string of the molecule is COc1ccccc1OCc1ccc(Br)o1. The van der Waals surface area contributed by atoms with Crippen molar-refractivity contribution in [2.45, 2.75) is 6.61 Å². The van der Waals surface area contributed by atoms with E-state index in [1.54, 1.807) is 7.11 Å². The zero-order valence-electron chi connectivity index (χ0n) is 8.77. The van der Waals surface area contributed by atoms with Gasteiger partial charge in [-0.15, -0.1) is 0 Å². The maximum Gasteiger partial charge on any atom is 0.169 e. The summed E-state index contributed by atoms with van der Waals surface area (Å²) < 4.78 is 16.8. The Hall–Kier alpha value is -1.42. The number of hydrogen-bond acceptors (Lipinski definition) is 3. The molecule has 0 saturated heterocycles. The molecule has 3 nitrogen and oxygen atoms in total. The van der Waals surface area contributed by atoms with Crippen LogP contribution in [0.2, 0.25) is 0 Å². The molecule has 0 aliphatic heterocycles. The summed E-state index contributed by atoms with van der Waals surface area (Å²) in [5, 5.41) is 0. The molecule has 0 amide bonds. The van der Waals surface area contributed by atoms with Gasteiger partial charge in [-0.3, -0.25) is 0 Å². The molecular formula is C12H11BrO3. The van der Waals surface area contributed by atoms with E-state index in [0.717, 1.165) is 5.76 Å². The van der Waals surface area contributed by atoms with E-state index in [4.69, 9.17) is 13.9 Å². The summed E-state index contributed by atoms with van der Waals surface area (Å²) >= 11 is 3.24. The minimum Gasteiger partial charge on any atom is -0.493 e. The Kier molecular flexibility index (Phi) is 3.51. The van der Waals surface area contributed by atoms with Crippen molar-refractivity contribution in [3.05, 3.63) is 46.8 Å². The molecular weight excluding hydrogens is 272 g/mol. The summed E-state index contributed by atoms with van der Waals surface area (Å²) in [4.78, 5) is 0. The average Bonchev–Trinajstić information content (AvgIpc) is 2.73. The Morgan fingerprint density at radius 3 is 2.50 bits per heavy atom. The van der Waals surface area contributed by atoms with Crippen molar-refractivity contribution in [1.29, 1.82) is 0 Å². The van der Waals surface area contributed by atoms with Gasteiger partial charge < -0.3 is 13.9 Å². The van der Waals surface area contributed by atoms with Gasteiger partial charge in [-0.25, -0.2) is 0 Å². The van der Waals surface area contributed by atoms with E-state index in [0.29, 0.717) is 22.8 Å². The first-order valence-corrected chi connectivity index (χ1v) is 5.59. The van der Waals surface area contributed by atoms with E-state index in [2.05, 4.69) is 15.9 Å². The molecule has 0 spiro atoms. The highest BCUT2D eigenvalue weighted by atomic mass is 79.9. The monoisotopic (exact) mass is 282 g/mol. The first-order chi connectivity index (χ1) is 7.79. The van der Waals surface area contributed by atoms with E-state index < -0.39 is 0 Å². The second-order valence-corrected chi connectivity index (χ2v) is 3.93. The number of ether oxygens (including phenoxy) is 2. The van der Waals surface area contributed by atoms with Gasteiger partial charge in [-0.2, -0.15) is 0 Å². The summed E-state index contributed by atoms with van der Waals surface area (Å²) in [5.74, 6) is 2.18. The third-order valence-corrected chi connectivity index (χ3v) is 2.49. The fraction of sp³-hybridized carbons (Fsp3) is 0.167. The number of rotatable bonds is 4. The molecule has 0 saturated carbocycles. The van der Waals surface area contributed by atoms with Crippen LogP contribution < -0.4 is 9.47 Å². The lowest BCUT2D eigenvalue weighted by atomic mass is 10.3. The average molecular weight is 283 g/mol. The first-order valence-electron chi connectivity index (χ1n) is 4.79. The smallest absolute Gasteiger partial charge is 0.169 e. The summed E-state index contributed by atoms with van der Waals surface area (Å²) in [7, 11) is 1.62. The lowest BCUT2D eigenvalue weighted by Crippen LogP contribution is -1.96. The van der Waals surface area contributed by atoms with E-state index >= 15 is 0 Å². The minimum atomic E-state index is 0.381. The zero-order chi connectivity index (χ0) is 11.4. The maximum atomic E-state index is 5.59. The van der Waals surface area contributed by atoms with Crippen LogP contribution in [0.3, 0.4) is 0 Å². The van der Waals surface area contributed by atoms with Gasteiger partial charge in [-0.05, 0) is 40.2 Å². The highest BCUT2D eigenvalue weighted by Gasteiger charge is 2.04. The van der Waals surface area contributed by atoms with Gasteiger partial charge in [0.05, 0.1) is 7.11 Å². The summed E-state index contributed by atoms with van der Waals surface area (Å²) in [6, 6.07) is 11.2. The Bertz CT molecular complexity index is 465. The van der Waals surface area contributed by atoms with Gasteiger partial charge in [0.15, 0.2) is 16.2 Å². The largest absolute Gasteiger partial charge is 0.493 e. The fourth-order valence-electron chi connectivity index (χ4n) is 1.32. The Balaban J connectivity index is 2.04. The molecule has 4 heteroatoms. The summed E-state index contributed by atoms with van der Waals surface area (Å²) in [6.45, 7) is 0.381. The standard InChI is InChI=1S/C12H11BrO3/c1-14-10-4-2-3-5-11(10)15-8-9-6-7-12(13)16-9/h2-7H,8H2,1H3. The van der Waals surface area contributed by atoms with Gasteiger partial charge in [0.25, 0.3) is 0 Å². The lowest BCUT2D eigenvalue weighted by Gasteiger charge is -2.08. The Labute approximate surface area is 102 Å². The van der Waals surface area contributed by atoms with Crippen molar-refractivity contribution >= 4 is 15.9 Å². The van der Waals surface area contributed by atoms with Crippen LogP contribution in [0.4, 0.5) is 0 Å². The Morgan fingerprint density at radius 2 is 1.88 bits per heavy atom. The highest BCUT2D eigenvalue weighted by Crippen LogP contribution is 2.27. The molecule has 0 fully saturated rings. The van der Waals surface area contributed by atoms with Crippen LogP contribution in [0.25, 0.3) is 0 Å². The van der Waals surface area contributed by atoms with Crippen LogP contribution in [0, 0.1) is 0 Å². The second kappa shape index (κ2) is 5.07. The van der Waals surface area contributed by atoms with Crippen molar-refractivity contribution in [2.75, 3.05) is 7.11 Å². The van der Waals surface area contributed by atoms with Gasteiger partial charge in [0, 0.05) is 0 Å². The Morgan fingerprint density at radius 1 is 1.12 bits per heavy atom. The van der Waals surface area contributed by atoms with Crippen LogP contribution in [0.5, 0.6) is 11.5 Å². The number of furan rings is 1. The van der Waals surface area contributed by atoms with Crippen molar-refractivity contribution in [3.8, 4) is 11.5 Å². The molecule has 1 aromatic carbocycles. The van der Waals surface area contributed by atoms with Crippen molar-refractivity contribution in [2.24, 2.45) is 0 Å². The predicted molar refractivity (Wildman–Crippen MR) is 63.7 cm³/mol. The molecule has 0 bridgehead atoms. The number of benzene rings is 1. The number of halogens is 1. The molecule has 2 rings (SSSR count). The van der Waals surface area contributed by atoms with E-state index in [1.165, 1.54) is 0 Å². The van der Waals surface area contributed by atoms with Gasteiger partial charge in [0.1, 0.15) is 12.4 Å². The van der Waals surface area contributed by atoms with Gasteiger partial charge in [0.2, 0.25) is 0 Å². The third-order valence-electron chi connectivity index (χ3n) is 2.07. The predicted octanol–water partition coefficient (Wildman–Crippen LogP) is 3.63. The number of hydrogen-bond donors (Lipinski definition) is 0. The van der Waals surface area contributed by atoms with Crippen LogP contribution in [-0.4, -0.2) is 7.11 Å². The van der Waals surface area contributed by atoms with Crippen molar-refractivity contribution in [3.63, 3.8) is 0 Å². The van der Waals surface area contributed by atoms with Crippen molar-refractivity contribution < 1.29 is 13.9 Å². The van der Waals surface area contributed by atoms with Crippen molar-refractivity contribution in [1.82, 2.24) is 0 Å². The van der Waals surface area contributed by atoms with Crippen LogP contribution in [-0.2, 0) is 6.61 Å². The first kappa shape index (κ1) is 11.1. The summed E-state index contributed by atoms with van der Waals surface area (Å²) in [5.41, 5.74) is 0. The van der Waals surface area contributed by atoms with E-state index in [9.17, 15) is 0 Å². The van der Waals surface area contributed by atoms with E-state index in [1.807, 2.05) is 36.4 Å². The van der Waals surface area contributed by atoms with Crippen LogP contribution in [0.15, 0.2) is 45.5 Å². The molecule has 16 heavy (non-hydrogen) atoms.